The second-order valence-corrected chi connectivity index (χ2v) is 8.94. The van der Waals surface area contributed by atoms with E-state index in [9.17, 15) is 9.18 Å². The van der Waals surface area contributed by atoms with E-state index in [1.165, 1.54) is 23.9 Å². The molecule has 1 amide bonds. The van der Waals surface area contributed by atoms with E-state index in [0.29, 0.717) is 32.4 Å². The fourth-order valence-corrected chi connectivity index (χ4v) is 4.33. The smallest absolute Gasteiger partial charge is 0.237 e. The number of anilines is 1. The van der Waals surface area contributed by atoms with Crippen molar-refractivity contribution in [1.29, 1.82) is 0 Å². The zero-order valence-electron chi connectivity index (χ0n) is 16.7. The minimum Gasteiger partial charge on any atom is -0.325 e. The summed E-state index contributed by atoms with van der Waals surface area (Å²) in [6.07, 6.45) is 3.30. The van der Waals surface area contributed by atoms with Crippen LogP contribution in [0.15, 0.2) is 72.1 Å². The molecule has 162 valence electrons. The number of carbonyl (C=O) groups is 1. The lowest BCUT2D eigenvalue weighted by Crippen LogP contribution is -2.23. The molecule has 10 heteroatoms. The van der Waals surface area contributed by atoms with Gasteiger partial charge < -0.3 is 5.32 Å². The lowest BCUT2D eigenvalue weighted by atomic mass is 10.2. The van der Waals surface area contributed by atoms with Crippen LogP contribution in [0.25, 0.3) is 17.1 Å². The minimum absolute atomic E-state index is 0.257. The van der Waals surface area contributed by atoms with E-state index >= 15 is 0 Å². The quantitative estimate of drug-likeness (QED) is 0.343. The van der Waals surface area contributed by atoms with Gasteiger partial charge in [-0.1, -0.05) is 35.0 Å². The molecule has 2 aromatic heterocycles. The third-order valence-corrected chi connectivity index (χ3v) is 5.92. The Morgan fingerprint density at radius 2 is 1.69 bits per heavy atom. The Labute approximate surface area is 197 Å². The van der Waals surface area contributed by atoms with Crippen LogP contribution >= 0.6 is 35.0 Å². The van der Waals surface area contributed by atoms with Gasteiger partial charge in [-0.15, -0.1) is 10.2 Å². The number of pyridine rings is 1. The summed E-state index contributed by atoms with van der Waals surface area (Å²) in [6, 6.07) is 14.4. The molecule has 0 aliphatic carbocycles. The number of nitrogens with one attached hydrogen (secondary N) is 1. The standard InChI is InChI=1S/C22H16Cl2FN5OS/c1-13(21(31)27-18-11-15(23)10-16(24)12-18)32-22-29-28-20(14-6-8-26-9-7-14)30(22)19-4-2-17(25)3-5-19/h2-13H,1H3,(H,27,31). The predicted octanol–water partition coefficient (Wildman–Crippen LogP) is 5.89. The first kappa shape index (κ1) is 22.3. The van der Waals surface area contributed by atoms with Crippen molar-refractivity contribution in [2.45, 2.75) is 17.3 Å². The van der Waals surface area contributed by atoms with Gasteiger partial charge in [0, 0.05) is 39.4 Å². The number of carbonyl (C=O) groups excluding carboxylic acids is 1. The van der Waals surface area contributed by atoms with Crippen molar-refractivity contribution in [3.8, 4) is 17.1 Å². The molecule has 0 saturated carbocycles. The molecule has 1 atom stereocenters. The molecule has 0 fully saturated rings. The molecule has 32 heavy (non-hydrogen) atoms. The lowest BCUT2D eigenvalue weighted by molar-refractivity contribution is -0.115. The number of aromatic nitrogens is 4. The van der Waals surface area contributed by atoms with Gasteiger partial charge in [-0.2, -0.15) is 0 Å². The maximum atomic E-state index is 13.5. The van der Waals surface area contributed by atoms with Crippen molar-refractivity contribution in [1.82, 2.24) is 19.7 Å². The topological polar surface area (TPSA) is 72.7 Å². The molecule has 0 bridgehead atoms. The van der Waals surface area contributed by atoms with Crippen LogP contribution in [0.2, 0.25) is 10.0 Å². The van der Waals surface area contributed by atoms with Crippen LogP contribution in [-0.4, -0.2) is 30.9 Å². The van der Waals surface area contributed by atoms with Crippen LogP contribution in [0.5, 0.6) is 0 Å². The van der Waals surface area contributed by atoms with Gasteiger partial charge >= 0.3 is 0 Å². The van der Waals surface area contributed by atoms with Crippen molar-refractivity contribution in [2.24, 2.45) is 0 Å². The summed E-state index contributed by atoms with van der Waals surface area (Å²) in [5.74, 6) is -0.0578. The molecule has 2 aromatic carbocycles. The molecule has 4 aromatic rings. The Bertz CT molecular complexity index is 1230. The normalized spacial score (nSPS) is 11.9. The van der Waals surface area contributed by atoms with Crippen molar-refractivity contribution < 1.29 is 9.18 Å². The van der Waals surface area contributed by atoms with Crippen LogP contribution in [-0.2, 0) is 4.79 Å². The van der Waals surface area contributed by atoms with Crippen LogP contribution in [0.3, 0.4) is 0 Å². The molecule has 6 nitrogen and oxygen atoms in total. The summed E-state index contributed by atoms with van der Waals surface area (Å²) in [5.41, 5.74) is 1.95. The van der Waals surface area contributed by atoms with Crippen molar-refractivity contribution >= 4 is 46.6 Å². The highest BCUT2D eigenvalue weighted by Crippen LogP contribution is 2.31. The van der Waals surface area contributed by atoms with Crippen LogP contribution in [0, 0.1) is 5.82 Å². The number of benzene rings is 2. The molecule has 1 unspecified atom stereocenters. The highest BCUT2D eigenvalue weighted by atomic mass is 35.5. The number of halogens is 3. The molecule has 0 aliphatic rings. The first-order valence-corrected chi connectivity index (χ1v) is 11.1. The van der Waals surface area contributed by atoms with Crippen LogP contribution < -0.4 is 5.32 Å². The first-order valence-electron chi connectivity index (χ1n) is 9.46. The van der Waals surface area contributed by atoms with E-state index in [1.54, 1.807) is 66.3 Å². The lowest BCUT2D eigenvalue weighted by Gasteiger charge is -2.14. The van der Waals surface area contributed by atoms with E-state index in [0.717, 1.165) is 5.56 Å². The Kier molecular flexibility index (Phi) is 6.74. The summed E-state index contributed by atoms with van der Waals surface area (Å²) >= 11 is 13.2. The average molecular weight is 488 g/mol. The van der Waals surface area contributed by atoms with Gasteiger partial charge in [-0.25, -0.2) is 4.39 Å². The van der Waals surface area contributed by atoms with Crippen molar-refractivity contribution in [2.75, 3.05) is 5.32 Å². The molecule has 0 radical (unpaired) electrons. The van der Waals surface area contributed by atoms with E-state index in [4.69, 9.17) is 23.2 Å². The molecule has 0 aliphatic heterocycles. The average Bonchev–Trinajstić information content (AvgIpc) is 3.17. The zero-order valence-corrected chi connectivity index (χ0v) is 19.0. The number of rotatable bonds is 6. The molecular formula is C22H16Cl2FN5OS. The van der Waals surface area contributed by atoms with E-state index in [-0.39, 0.29) is 11.7 Å². The van der Waals surface area contributed by atoms with E-state index < -0.39 is 5.25 Å². The predicted molar refractivity (Wildman–Crippen MR) is 125 cm³/mol. The summed E-state index contributed by atoms with van der Waals surface area (Å²) in [5, 5.41) is 12.2. The number of nitrogens with zero attached hydrogens (tertiary/aromatic N) is 4. The Balaban J connectivity index is 1.63. The maximum absolute atomic E-state index is 13.5. The van der Waals surface area contributed by atoms with Gasteiger partial charge in [-0.05, 0) is 61.5 Å². The molecule has 2 heterocycles. The third kappa shape index (κ3) is 5.09. The van der Waals surface area contributed by atoms with Crippen molar-refractivity contribution in [3.63, 3.8) is 0 Å². The first-order chi connectivity index (χ1) is 15.4. The summed E-state index contributed by atoms with van der Waals surface area (Å²) < 4.78 is 15.3. The number of amides is 1. The van der Waals surface area contributed by atoms with E-state index in [1.807, 2.05) is 0 Å². The second-order valence-electron chi connectivity index (χ2n) is 6.76. The van der Waals surface area contributed by atoms with Gasteiger partial charge in [0.15, 0.2) is 11.0 Å². The largest absolute Gasteiger partial charge is 0.325 e. The fourth-order valence-electron chi connectivity index (χ4n) is 2.94. The second kappa shape index (κ2) is 9.68. The monoisotopic (exact) mass is 487 g/mol. The van der Waals surface area contributed by atoms with Gasteiger partial charge in [0.2, 0.25) is 5.91 Å². The molecule has 0 saturated heterocycles. The van der Waals surface area contributed by atoms with Gasteiger partial charge in [0.1, 0.15) is 5.82 Å². The highest BCUT2D eigenvalue weighted by Gasteiger charge is 2.22. The van der Waals surface area contributed by atoms with Gasteiger partial charge in [0.05, 0.1) is 5.25 Å². The molecule has 1 N–H and O–H groups in total. The van der Waals surface area contributed by atoms with Crippen LogP contribution in [0.1, 0.15) is 6.92 Å². The summed E-state index contributed by atoms with van der Waals surface area (Å²) in [6.45, 7) is 1.75. The fraction of sp³-hybridized carbons (Fsp3) is 0.0909. The Morgan fingerprint density at radius 1 is 1.03 bits per heavy atom. The molecule has 0 spiro atoms. The maximum Gasteiger partial charge on any atom is 0.237 e. The third-order valence-electron chi connectivity index (χ3n) is 4.44. The summed E-state index contributed by atoms with van der Waals surface area (Å²) in [7, 11) is 0. The van der Waals surface area contributed by atoms with E-state index in [2.05, 4.69) is 20.5 Å². The number of thioether (sulfide) groups is 1. The highest BCUT2D eigenvalue weighted by molar-refractivity contribution is 8.00. The number of hydrogen-bond acceptors (Lipinski definition) is 5. The number of hydrogen-bond donors (Lipinski definition) is 1. The Hall–Kier alpha value is -2.94. The van der Waals surface area contributed by atoms with Gasteiger partial charge in [0.25, 0.3) is 0 Å². The Morgan fingerprint density at radius 3 is 2.34 bits per heavy atom. The van der Waals surface area contributed by atoms with Crippen molar-refractivity contribution in [3.05, 3.63) is 82.9 Å². The van der Waals surface area contributed by atoms with Crippen LogP contribution in [0.4, 0.5) is 10.1 Å². The van der Waals surface area contributed by atoms with Gasteiger partial charge in [-0.3, -0.25) is 14.3 Å². The molecule has 4 rings (SSSR count). The SMILES string of the molecule is CC(Sc1nnc(-c2ccncc2)n1-c1ccc(F)cc1)C(=O)Nc1cc(Cl)cc(Cl)c1. The molecular weight excluding hydrogens is 472 g/mol. The zero-order chi connectivity index (χ0) is 22.7. The summed E-state index contributed by atoms with van der Waals surface area (Å²) in [4.78, 5) is 16.8. The minimum atomic E-state index is -0.526.